The molecule has 0 radical (unpaired) electrons. The second-order valence-corrected chi connectivity index (χ2v) is 6.77. The second kappa shape index (κ2) is 8.07. The normalized spacial score (nSPS) is 14.3. The highest BCUT2D eigenvalue weighted by Gasteiger charge is 2.14. The fourth-order valence-corrected chi connectivity index (χ4v) is 3.27. The van der Waals surface area contributed by atoms with Crippen LogP contribution in [0.25, 0.3) is 0 Å². The van der Waals surface area contributed by atoms with Crippen molar-refractivity contribution in [2.45, 2.75) is 53.0 Å². The lowest BCUT2D eigenvalue weighted by Gasteiger charge is -2.22. The summed E-state index contributed by atoms with van der Waals surface area (Å²) >= 11 is 0. The average molecular weight is 249 g/mol. The summed E-state index contributed by atoms with van der Waals surface area (Å²) in [6.07, 6.45) is 3.00. The Morgan fingerprint density at radius 3 is 2.06 bits per heavy atom. The zero-order valence-electron chi connectivity index (χ0n) is 11.1. The third-order valence-corrected chi connectivity index (χ3v) is 5.01. The Kier molecular flexibility index (Phi) is 8.02. The van der Waals surface area contributed by atoms with Crippen molar-refractivity contribution in [3.8, 4) is 0 Å². The molecule has 0 aliphatic carbocycles. The van der Waals surface area contributed by atoms with E-state index in [9.17, 15) is 8.42 Å². The van der Waals surface area contributed by atoms with E-state index in [0.717, 1.165) is 12.8 Å². The van der Waals surface area contributed by atoms with Crippen molar-refractivity contribution < 1.29 is 8.42 Å². The van der Waals surface area contributed by atoms with Crippen molar-refractivity contribution in [2.24, 2.45) is 5.92 Å². The van der Waals surface area contributed by atoms with Crippen molar-refractivity contribution in [2.75, 3.05) is 18.1 Å². The van der Waals surface area contributed by atoms with Crippen molar-refractivity contribution in [3.63, 3.8) is 0 Å². The summed E-state index contributed by atoms with van der Waals surface area (Å²) in [5.74, 6) is 1.23. The lowest BCUT2D eigenvalue weighted by molar-refractivity contribution is 0.360. The Balaban J connectivity index is 3.89. The van der Waals surface area contributed by atoms with E-state index in [0.29, 0.717) is 30.7 Å². The van der Waals surface area contributed by atoms with Gasteiger partial charge in [-0.2, -0.15) is 0 Å². The quantitative estimate of drug-likeness (QED) is 0.681. The molecule has 1 N–H and O–H groups in total. The van der Waals surface area contributed by atoms with Crippen LogP contribution in [-0.4, -0.2) is 32.5 Å². The molecule has 3 nitrogen and oxygen atoms in total. The topological polar surface area (TPSA) is 46.2 Å². The first-order valence-electron chi connectivity index (χ1n) is 6.40. The summed E-state index contributed by atoms with van der Waals surface area (Å²) in [5, 5.41) is 3.32. The van der Waals surface area contributed by atoms with Crippen LogP contribution in [0.3, 0.4) is 0 Å². The number of sulfone groups is 1. The van der Waals surface area contributed by atoms with Crippen molar-refractivity contribution >= 4 is 9.84 Å². The Morgan fingerprint density at radius 1 is 1.06 bits per heavy atom. The van der Waals surface area contributed by atoms with Gasteiger partial charge in [-0.25, -0.2) is 8.42 Å². The van der Waals surface area contributed by atoms with E-state index in [-0.39, 0.29) is 5.75 Å². The van der Waals surface area contributed by atoms with Crippen LogP contribution in [0.2, 0.25) is 0 Å². The average Bonchev–Trinajstić information content (AvgIpc) is 2.19. The Morgan fingerprint density at radius 2 is 1.62 bits per heavy atom. The predicted octanol–water partition coefficient (Wildman–Crippen LogP) is 2.23. The highest BCUT2D eigenvalue weighted by atomic mass is 32.2. The van der Waals surface area contributed by atoms with Gasteiger partial charge in [-0.05, 0) is 19.3 Å². The molecule has 0 rings (SSSR count). The molecular weight excluding hydrogens is 222 g/mol. The van der Waals surface area contributed by atoms with Crippen LogP contribution in [0, 0.1) is 5.92 Å². The fourth-order valence-electron chi connectivity index (χ4n) is 2.02. The highest BCUT2D eigenvalue weighted by Crippen LogP contribution is 2.12. The summed E-state index contributed by atoms with van der Waals surface area (Å²) in [7, 11) is -2.83. The zero-order chi connectivity index (χ0) is 12.6. The summed E-state index contributed by atoms with van der Waals surface area (Å²) in [6, 6.07) is 0.409. The molecule has 1 atom stereocenters. The van der Waals surface area contributed by atoms with Gasteiger partial charge < -0.3 is 5.32 Å². The van der Waals surface area contributed by atoms with Crippen LogP contribution in [0.4, 0.5) is 0 Å². The lowest BCUT2D eigenvalue weighted by Crippen LogP contribution is -2.36. The lowest BCUT2D eigenvalue weighted by atomic mass is 9.96. The molecule has 0 aliphatic rings. The van der Waals surface area contributed by atoms with Crippen molar-refractivity contribution in [3.05, 3.63) is 0 Å². The van der Waals surface area contributed by atoms with Gasteiger partial charge in [0.25, 0.3) is 0 Å². The minimum absolute atomic E-state index is 0.269. The molecule has 0 aromatic heterocycles. The van der Waals surface area contributed by atoms with Crippen LogP contribution < -0.4 is 5.32 Å². The minimum atomic E-state index is -2.83. The molecule has 0 aromatic rings. The molecule has 16 heavy (non-hydrogen) atoms. The molecular formula is C12H27NO2S. The fraction of sp³-hybridized carbons (Fsp3) is 1.00. The standard InChI is InChI=1S/C12H27NO2S/c1-5-9-16(14,15)10-8-13-11(4)12(6-2)7-3/h11-13H,5-10H2,1-4H3. The number of hydrogen-bond acceptors (Lipinski definition) is 3. The second-order valence-electron chi connectivity index (χ2n) is 4.47. The Labute approximate surface area is 101 Å². The van der Waals surface area contributed by atoms with E-state index in [1.165, 1.54) is 0 Å². The zero-order valence-corrected chi connectivity index (χ0v) is 11.9. The molecule has 0 saturated heterocycles. The minimum Gasteiger partial charge on any atom is -0.313 e. The van der Waals surface area contributed by atoms with Gasteiger partial charge in [-0.15, -0.1) is 0 Å². The van der Waals surface area contributed by atoms with Crippen LogP contribution in [0.15, 0.2) is 0 Å². The Bertz CT molecular complexity index is 258. The number of hydrogen-bond donors (Lipinski definition) is 1. The van der Waals surface area contributed by atoms with E-state index in [4.69, 9.17) is 0 Å². The molecule has 0 saturated carbocycles. The maximum atomic E-state index is 11.5. The molecule has 0 heterocycles. The monoisotopic (exact) mass is 249 g/mol. The van der Waals surface area contributed by atoms with Gasteiger partial charge in [0.1, 0.15) is 0 Å². The first-order valence-corrected chi connectivity index (χ1v) is 8.22. The van der Waals surface area contributed by atoms with Gasteiger partial charge in [-0.1, -0.05) is 33.6 Å². The number of nitrogens with one attached hydrogen (secondary N) is 1. The van der Waals surface area contributed by atoms with Gasteiger partial charge >= 0.3 is 0 Å². The molecule has 0 amide bonds. The third kappa shape index (κ3) is 6.48. The summed E-state index contributed by atoms with van der Waals surface area (Å²) < 4.78 is 23.0. The molecule has 4 heteroatoms. The summed E-state index contributed by atoms with van der Waals surface area (Å²) in [5.41, 5.74) is 0. The molecule has 0 aromatic carbocycles. The molecule has 0 spiro atoms. The van der Waals surface area contributed by atoms with Gasteiger partial charge in [0, 0.05) is 18.3 Å². The SMILES string of the molecule is CCCS(=O)(=O)CCNC(C)C(CC)CC. The van der Waals surface area contributed by atoms with E-state index in [1.807, 2.05) is 6.92 Å². The first kappa shape index (κ1) is 15.9. The van der Waals surface area contributed by atoms with Crippen LogP contribution in [0.1, 0.15) is 47.0 Å². The van der Waals surface area contributed by atoms with Crippen molar-refractivity contribution in [1.29, 1.82) is 0 Å². The van der Waals surface area contributed by atoms with Crippen molar-refractivity contribution in [1.82, 2.24) is 5.32 Å². The Hall–Kier alpha value is -0.0900. The largest absolute Gasteiger partial charge is 0.313 e. The third-order valence-electron chi connectivity index (χ3n) is 3.15. The molecule has 0 bridgehead atoms. The maximum absolute atomic E-state index is 11.5. The van der Waals surface area contributed by atoms with E-state index >= 15 is 0 Å². The molecule has 1 unspecified atom stereocenters. The molecule has 0 aliphatic heterocycles. The smallest absolute Gasteiger partial charge is 0.151 e. The van der Waals surface area contributed by atoms with Gasteiger partial charge in [0.05, 0.1) is 5.75 Å². The van der Waals surface area contributed by atoms with Crippen LogP contribution in [-0.2, 0) is 9.84 Å². The highest BCUT2D eigenvalue weighted by molar-refractivity contribution is 7.91. The van der Waals surface area contributed by atoms with Gasteiger partial charge in [0.2, 0.25) is 0 Å². The summed E-state index contributed by atoms with van der Waals surface area (Å²) in [4.78, 5) is 0. The van der Waals surface area contributed by atoms with Gasteiger partial charge in [-0.3, -0.25) is 0 Å². The predicted molar refractivity (Wildman–Crippen MR) is 70.5 cm³/mol. The molecule has 0 fully saturated rings. The van der Waals surface area contributed by atoms with Crippen LogP contribution >= 0.6 is 0 Å². The maximum Gasteiger partial charge on any atom is 0.151 e. The summed E-state index contributed by atoms with van der Waals surface area (Å²) in [6.45, 7) is 8.99. The van der Waals surface area contributed by atoms with Gasteiger partial charge in [0.15, 0.2) is 9.84 Å². The van der Waals surface area contributed by atoms with E-state index in [2.05, 4.69) is 26.1 Å². The van der Waals surface area contributed by atoms with Crippen LogP contribution in [0.5, 0.6) is 0 Å². The first-order chi connectivity index (χ1) is 7.46. The van der Waals surface area contributed by atoms with E-state index in [1.54, 1.807) is 0 Å². The molecule has 98 valence electrons. The number of rotatable bonds is 9. The van der Waals surface area contributed by atoms with E-state index < -0.39 is 9.84 Å².